The average Bonchev–Trinajstić information content (AvgIpc) is 3.38. The zero-order valence-electron chi connectivity index (χ0n) is 40.9. The molecule has 2 N–H and O–H groups in total. The Morgan fingerprint density at radius 1 is 0.500 bits per heavy atom. The molecule has 2 aliphatic rings. The van der Waals surface area contributed by atoms with Crippen LogP contribution in [-0.2, 0) is 74.0 Å². The molecule has 0 radical (unpaired) electrons. The molecule has 2 heterocycles. The molecule has 4 aromatic rings. The molecule has 0 atom stereocenters. The van der Waals surface area contributed by atoms with Gasteiger partial charge < -0.3 is 48.5 Å². The van der Waals surface area contributed by atoms with E-state index in [0.717, 1.165) is 63.2 Å². The number of aliphatic carboxylic acids is 2. The van der Waals surface area contributed by atoms with Gasteiger partial charge in [0.15, 0.2) is 11.1 Å². The minimum atomic E-state index is -2.19. The monoisotopic (exact) mass is 970 g/mol. The van der Waals surface area contributed by atoms with Crippen LogP contribution in [0.4, 0.5) is 0 Å². The van der Waals surface area contributed by atoms with E-state index in [-0.39, 0.29) is 25.0 Å². The number of hydrogen-bond acceptors (Lipinski definition) is 14. The van der Waals surface area contributed by atoms with Gasteiger partial charge in [0.1, 0.15) is 24.7 Å². The summed E-state index contributed by atoms with van der Waals surface area (Å²) in [6.07, 6.45) is 3.87. The lowest BCUT2D eigenvalue weighted by Crippen LogP contribution is -3.14. The summed E-state index contributed by atoms with van der Waals surface area (Å²) in [4.78, 5) is 83.6. The maximum Gasteiger partial charge on any atom is 0.334 e. The van der Waals surface area contributed by atoms with Gasteiger partial charge in [0.05, 0.1) is 79.6 Å². The number of nitrogens with zero attached hydrogens (tertiary/aromatic N) is 2. The number of rotatable bonds is 18. The third kappa shape index (κ3) is 15.6. The zero-order valence-corrected chi connectivity index (χ0v) is 40.9. The van der Waals surface area contributed by atoms with E-state index < -0.39 is 35.0 Å². The Morgan fingerprint density at radius 3 is 1.10 bits per heavy atom. The molecule has 2 amide bonds. The third-order valence-corrected chi connectivity index (χ3v) is 12.5. The Morgan fingerprint density at radius 2 is 0.814 bits per heavy atom. The van der Waals surface area contributed by atoms with E-state index in [1.807, 2.05) is 84.9 Å². The van der Waals surface area contributed by atoms with E-state index in [1.54, 1.807) is 14.2 Å². The van der Waals surface area contributed by atoms with Crippen LogP contribution in [0.1, 0.15) is 61.8 Å². The zero-order chi connectivity index (χ0) is 51.1. The molecule has 70 heavy (non-hydrogen) atoms. The minimum Gasteiger partial charge on any atom is -0.543 e. The number of carboxylic acid groups (broad SMARTS) is 2. The predicted octanol–water partition coefficient (Wildman–Crippen LogP) is 0.103. The van der Waals surface area contributed by atoms with Crippen LogP contribution in [0.25, 0.3) is 0 Å². The summed E-state index contributed by atoms with van der Waals surface area (Å²) >= 11 is 0. The van der Waals surface area contributed by atoms with Crippen LogP contribution in [0.3, 0.4) is 0 Å². The molecular weight excluding hydrogens is 905 g/mol. The molecule has 378 valence electrons. The van der Waals surface area contributed by atoms with Crippen LogP contribution in [0, 0.1) is 0 Å². The molecule has 18 nitrogen and oxygen atoms in total. The highest BCUT2D eigenvalue weighted by molar-refractivity contribution is 6.25. The summed E-state index contributed by atoms with van der Waals surface area (Å²) < 4.78 is 21.0. The molecule has 2 fully saturated rings. The summed E-state index contributed by atoms with van der Waals surface area (Å²) in [5.74, 6) is -4.54. The highest BCUT2D eigenvalue weighted by Gasteiger charge is 2.53. The number of carboxylic acids is 2. The van der Waals surface area contributed by atoms with Crippen LogP contribution in [0.2, 0.25) is 0 Å². The van der Waals surface area contributed by atoms with Crippen molar-refractivity contribution >= 4 is 35.7 Å². The van der Waals surface area contributed by atoms with Crippen molar-refractivity contribution in [2.75, 3.05) is 67.7 Å². The van der Waals surface area contributed by atoms with Crippen LogP contribution < -0.4 is 29.5 Å². The topological polar surface area (TPSA) is 219 Å². The van der Waals surface area contributed by atoms with E-state index in [1.165, 1.54) is 59.1 Å². The van der Waals surface area contributed by atoms with Gasteiger partial charge in [-0.05, 0) is 23.3 Å². The van der Waals surface area contributed by atoms with Gasteiger partial charge in [-0.2, -0.15) is 0 Å². The molecule has 0 unspecified atom stereocenters. The first kappa shape index (κ1) is 55.7. The maximum atomic E-state index is 12.9. The van der Waals surface area contributed by atoms with Gasteiger partial charge >= 0.3 is 11.9 Å². The van der Waals surface area contributed by atoms with Crippen LogP contribution in [-0.4, -0.2) is 125 Å². The summed E-state index contributed by atoms with van der Waals surface area (Å²) in [5.41, 5.74) is 1.95. The molecule has 4 aromatic carbocycles. The van der Waals surface area contributed by atoms with Crippen LogP contribution in [0.5, 0.6) is 11.5 Å². The van der Waals surface area contributed by atoms with Crippen molar-refractivity contribution in [2.24, 2.45) is 0 Å². The highest BCUT2D eigenvalue weighted by atomic mass is 16.7. The Kier molecular flexibility index (Phi) is 22.3. The van der Waals surface area contributed by atoms with Gasteiger partial charge in [0.25, 0.3) is 0 Å². The number of nitrogens with one attached hydrogen (secondary N) is 2. The number of ether oxygens (including phenoxy) is 4. The van der Waals surface area contributed by atoms with E-state index in [9.17, 15) is 19.2 Å². The molecule has 2 saturated heterocycles. The van der Waals surface area contributed by atoms with E-state index in [4.69, 9.17) is 48.4 Å². The lowest BCUT2D eigenvalue weighted by atomic mass is 9.86. The second kappa shape index (κ2) is 28.0. The molecule has 0 spiro atoms. The molecule has 18 heteroatoms. The lowest BCUT2D eigenvalue weighted by molar-refractivity contribution is -0.906. The van der Waals surface area contributed by atoms with Gasteiger partial charge in [-0.15, -0.1) is 0 Å². The van der Waals surface area contributed by atoms with Gasteiger partial charge in [-0.3, -0.25) is 19.3 Å². The van der Waals surface area contributed by atoms with Crippen molar-refractivity contribution in [2.45, 2.75) is 76.7 Å². The number of benzene rings is 4. The van der Waals surface area contributed by atoms with Crippen molar-refractivity contribution in [1.82, 2.24) is 10.1 Å². The third-order valence-electron chi connectivity index (χ3n) is 12.5. The van der Waals surface area contributed by atoms with E-state index >= 15 is 0 Å². The summed E-state index contributed by atoms with van der Waals surface area (Å²) in [6.45, 7) is 8.04. The number of carbonyl (C=O) groups excluding carboxylic acids is 6. The number of carbonyl (C=O) groups is 6. The molecule has 0 aromatic heterocycles. The highest BCUT2D eigenvalue weighted by Crippen LogP contribution is 2.31. The molecule has 2 aliphatic heterocycles. The fourth-order valence-electron chi connectivity index (χ4n) is 8.77. The van der Waals surface area contributed by atoms with Crippen molar-refractivity contribution in [3.05, 3.63) is 131 Å². The number of hydrogen-bond donors (Lipinski definition) is 2. The fraction of sp³-hybridized carbons (Fsp3) is 0.423. The molecular formula is C52H66N4O14. The fourth-order valence-corrected chi connectivity index (χ4v) is 8.77. The number of para-hydroxylation sites is 2. The summed E-state index contributed by atoms with van der Waals surface area (Å²) in [7, 11) is 5.89. The molecule has 0 aliphatic carbocycles. The minimum absolute atomic E-state index is 0.118. The number of hydroxylamine groups is 4. The lowest BCUT2D eigenvalue weighted by Gasteiger charge is -2.43. The smallest absolute Gasteiger partial charge is 0.334 e. The first-order chi connectivity index (χ1) is 33.6. The quantitative estimate of drug-likeness (QED) is 0.0769. The summed E-state index contributed by atoms with van der Waals surface area (Å²) in [5, 5.41) is 20.3. The van der Waals surface area contributed by atoms with Gasteiger partial charge in [0, 0.05) is 63.5 Å². The number of quaternary nitrogens is 2. The van der Waals surface area contributed by atoms with E-state index in [0.29, 0.717) is 37.2 Å². The van der Waals surface area contributed by atoms with Gasteiger partial charge in [-0.1, -0.05) is 97.1 Å². The number of esters is 2. The van der Waals surface area contributed by atoms with Gasteiger partial charge in [0.2, 0.25) is 11.8 Å². The SMILES string of the molecule is COC(=O)C1(N(OCc2ccccc2OC)C(C)=O)CC[NH+](CCc2ccccc2)CC1.COC(=O)C1(N(OCc2ccccc2OC)C(C)=O)CC[NH+](CCc2ccccc2)CC1.O=C([O-])C(=O)[O-]. The second-order valence-corrected chi connectivity index (χ2v) is 16.9. The molecule has 0 bridgehead atoms. The Labute approximate surface area is 409 Å². The van der Waals surface area contributed by atoms with E-state index in [2.05, 4.69) is 24.3 Å². The summed E-state index contributed by atoms with van der Waals surface area (Å²) in [6, 6.07) is 35.7. The number of piperidine rings is 2. The van der Waals surface area contributed by atoms with Gasteiger partial charge in [-0.25, -0.2) is 19.7 Å². The van der Waals surface area contributed by atoms with Crippen LogP contribution in [0.15, 0.2) is 109 Å². The normalized spacial score (nSPS) is 19.3. The Balaban J connectivity index is 0.000000273. The van der Waals surface area contributed by atoms with Crippen molar-refractivity contribution in [3.63, 3.8) is 0 Å². The molecule has 0 saturated carbocycles. The Bertz CT molecular complexity index is 2140. The first-order valence-corrected chi connectivity index (χ1v) is 23.1. The van der Waals surface area contributed by atoms with Crippen molar-refractivity contribution < 1.29 is 77.4 Å². The average molecular weight is 971 g/mol. The number of amides is 2. The first-order valence-electron chi connectivity index (χ1n) is 23.1. The molecule has 6 rings (SSSR count). The number of likely N-dealkylation sites (tertiary alicyclic amines) is 2. The standard InChI is InChI=1S/2C25H32N2O5.C2H2O4/c2*1-20(28)27(32-19-22-11-7-8-12-23(22)30-2)25(24(29)31-3)14-17-26(18-15-25)16-13-21-9-5-4-6-10-21;3-1(4)2(5)6/h2*4-12H,13-19H2,1-3H3;(H,3,4)(H,5,6). The maximum absolute atomic E-state index is 12.9. The predicted molar refractivity (Wildman–Crippen MR) is 250 cm³/mol. The van der Waals surface area contributed by atoms with Crippen LogP contribution >= 0.6 is 0 Å². The van der Waals surface area contributed by atoms with Crippen molar-refractivity contribution in [1.29, 1.82) is 0 Å². The Hall–Kier alpha value is -6.86. The number of methoxy groups -OCH3 is 4. The largest absolute Gasteiger partial charge is 0.543 e. The van der Waals surface area contributed by atoms with Crippen molar-refractivity contribution in [3.8, 4) is 11.5 Å². The second-order valence-electron chi connectivity index (χ2n) is 16.9.